The summed E-state index contributed by atoms with van der Waals surface area (Å²) >= 11 is 0. The fraction of sp³-hybridized carbons (Fsp3) is 0.222. The molecule has 3 amide bonds. The van der Waals surface area contributed by atoms with Crippen LogP contribution in [0.15, 0.2) is 60.7 Å². The lowest BCUT2D eigenvalue weighted by Gasteiger charge is -2.15. The third kappa shape index (κ3) is 7.63. The van der Waals surface area contributed by atoms with Crippen molar-refractivity contribution in [1.29, 1.82) is 0 Å². The number of hydrogen-bond acceptors (Lipinski definition) is 7. The number of esters is 1. The average Bonchev–Trinajstić information content (AvgIpc) is 2.88. The molecule has 0 aromatic heterocycles. The number of hydrogen-bond donors (Lipinski definition) is 4. The van der Waals surface area contributed by atoms with Crippen LogP contribution in [0.25, 0.3) is 0 Å². The number of carbonyl (C=O) groups is 3. The third-order valence-corrected chi connectivity index (χ3v) is 5.29. The molecule has 37 heavy (non-hydrogen) atoms. The van der Waals surface area contributed by atoms with Crippen LogP contribution in [0.5, 0.6) is 11.5 Å². The molecular weight excluding hydrogens is 476 g/mol. The Balaban J connectivity index is 1.58. The van der Waals surface area contributed by atoms with Crippen molar-refractivity contribution < 1.29 is 28.6 Å². The van der Waals surface area contributed by atoms with Crippen LogP contribution in [-0.4, -0.2) is 38.7 Å². The summed E-state index contributed by atoms with van der Waals surface area (Å²) < 4.78 is 15.7. The molecule has 0 heterocycles. The molecule has 0 bridgehead atoms. The molecule has 0 spiro atoms. The number of nitrogens with one attached hydrogen (secondary N) is 3. The molecule has 0 radical (unpaired) electrons. The van der Waals surface area contributed by atoms with E-state index in [0.717, 1.165) is 5.56 Å². The SMILES string of the molecule is CCOC(=O)c1cc(OC)c(OC)cc1NC(=O)CCc1ccc(NC(=O)Nc2cccc(N)c2)cc1. The van der Waals surface area contributed by atoms with E-state index < -0.39 is 12.0 Å². The molecule has 5 N–H and O–H groups in total. The molecule has 10 heteroatoms. The van der Waals surface area contributed by atoms with Gasteiger partial charge in [0.1, 0.15) is 0 Å². The van der Waals surface area contributed by atoms with Crippen molar-refractivity contribution in [3.05, 3.63) is 71.8 Å². The normalized spacial score (nSPS) is 10.2. The van der Waals surface area contributed by atoms with Gasteiger partial charge in [0.15, 0.2) is 11.5 Å². The Morgan fingerprint density at radius 1 is 0.838 bits per heavy atom. The molecule has 0 aliphatic heterocycles. The lowest BCUT2D eigenvalue weighted by atomic mass is 10.1. The number of benzene rings is 3. The van der Waals surface area contributed by atoms with Gasteiger partial charge in [-0.2, -0.15) is 0 Å². The van der Waals surface area contributed by atoms with Crippen molar-refractivity contribution in [1.82, 2.24) is 0 Å². The molecule has 0 atom stereocenters. The van der Waals surface area contributed by atoms with Gasteiger partial charge in [-0.1, -0.05) is 18.2 Å². The Bertz CT molecular complexity index is 1260. The highest BCUT2D eigenvalue weighted by Gasteiger charge is 2.19. The lowest BCUT2D eigenvalue weighted by Crippen LogP contribution is -2.19. The van der Waals surface area contributed by atoms with Gasteiger partial charge in [-0.3, -0.25) is 4.79 Å². The van der Waals surface area contributed by atoms with Gasteiger partial charge in [-0.05, 0) is 49.2 Å². The van der Waals surface area contributed by atoms with Gasteiger partial charge in [0, 0.05) is 35.6 Å². The van der Waals surface area contributed by atoms with E-state index in [1.54, 1.807) is 43.3 Å². The molecular formula is C27H30N4O6. The van der Waals surface area contributed by atoms with Crippen molar-refractivity contribution in [2.45, 2.75) is 19.8 Å². The number of anilines is 4. The Labute approximate surface area is 215 Å². The second-order valence-corrected chi connectivity index (χ2v) is 7.92. The average molecular weight is 507 g/mol. The van der Waals surface area contributed by atoms with Gasteiger partial charge in [-0.25, -0.2) is 9.59 Å². The van der Waals surface area contributed by atoms with E-state index in [0.29, 0.717) is 35.0 Å². The first kappa shape index (κ1) is 26.9. The molecule has 0 fully saturated rings. The number of rotatable bonds is 10. The number of methoxy groups -OCH3 is 2. The van der Waals surface area contributed by atoms with Crippen LogP contribution in [0.4, 0.5) is 27.5 Å². The number of ether oxygens (including phenoxy) is 3. The summed E-state index contributed by atoms with van der Waals surface area (Å²) in [6.45, 7) is 1.89. The van der Waals surface area contributed by atoms with Crippen LogP contribution in [0.2, 0.25) is 0 Å². The predicted molar refractivity (Wildman–Crippen MR) is 142 cm³/mol. The van der Waals surface area contributed by atoms with E-state index in [9.17, 15) is 14.4 Å². The molecule has 3 aromatic rings. The number of nitrogen functional groups attached to an aromatic ring is 1. The smallest absolute Gasteiger partial charge is 0.340 e. The largest absolute Gasteiger partial charge is 0.493 e. The lowest BCUT2D eigenvalue weighted by molar-refractivity contribution is -0.116. The summed E-state index contributed by atoms with van der Waals surface area (Å²) in [6, 6.07) is 16.6. The molecule has 0 saturated heterocycles. The second kappa shape index (κ2) is 12.8. The molecule has 3 aromatic carbocycles. The van der Waals surface area contributed by atoms with Gasteiger partial charge < -0.3 is 35.9 Å². The summed E-state index contributed by atoms with van der Waals surface area (Å²) in [6.07, 6.45) is 0.614. The monoisotopic (exact) mass is 506 g/mol. The zero-order valence-electron chi connectivity index (χ0n) is 20.9. The Hall–Kier alpha value is -4.73. The fourth-order valence-corrected chi connectivity index (χ4v) is 3.50. The maximum absolute atomic E-state index is 12.7. The van der Waals surface area contributed by atoms with Crippen LogP contribution >= 0.6 is 0 Å². The number of amides is 3. The van der Waals surface area contributed by atoms with Crippen molar-refractivity contribution in [2.24, 2.45) is 0 Å². The molecule has 0 aliphatic rings. The summed E-state index contributed by atoms with van der Waals surface area (Å²) in [7, 11) is 2.92. The molecule has 194 valence electrons. The topological polar surface area (TPSA) is 141 Å². The highest BCUT2D eigenvalue weighted by molar-refractivity contribution is 6.02. The standard InChI is InChI=1S/C27H30N4O6/c1-4-37-26(33)21-15-23(35-2)24(36-3)16-22(21)31-25(32)13-10-17-8-11-19(12-9-17)29-27(34)30-20-7-5-6-18(28)14-20/h5-9,11-12,14-16H,4,10,13,28H2,1-3H3,(H,31,32)(H2,29,30,34). The van der Waals surface area contributed by atoms with E-state index in [-0.39, 0.29) is 30.2 Å². The van der Waals surface area contributed by atoms with E-state index in [1.807, 2.05) is 12.1 Å². The first-order valence-electron chi connectivity index (χ1n) is 11.6. The highest BCUT2D eigenvalue weighted by atomic mass is 16.5. The van der Waals surface area contributed by atoms with Gasteiger partial charge in [0.05, 0.1) is 32.1 Å². The van der Waals surface area contributed by atoms with Crippen molar-refractivity contribution in [3.8, 4) is 11.5 Å². The van der Waals surface area contributed by atoms with E-state index >= 15 is 0 Å². The van der Waals surface area contributed by atoms with E-state index in [2.05, 4.69) is 16.0 Å². The maximum atomic E-state index is 12.7. The van der Waals surface area contributed by atoms with E-state index in [4.69, 9.17) is 19.9 Å². The van der Waals surface area contributed by atoms with Crippen LogP contribution in [-0.2, 0) is 16.0 Å². The Kier molecular flexibility index (Phi) is 9.31. The quantitative estimate of drug-likeness (QED) is 0.231. The van der Waals surface area contributed by atoms with Gasteiger partial charge in [0.25, 0.3) is 0 Å². The summed E-state index contributed by atoms with van der Waals surface area (Å²) in [5, 5.41) is 8.22. The highest BCUT2D eigenvalue weighted by Crippen LogP contribution is 2.34. The predicted octanol–water partition coefficient (Wildman–Crippen LogP) is 4.68. The summed E-state index contributed by atoms with van der Waals surface area (Å²) in [5.74, 6) is -0.157. The molecule has 0 unspecified atom stereocenters. The van der Waals surface area contributed by atoms with Crippen molar-refractivity contribution in [2.75, 3.05) is 42.5 Å². The first-order chi connectivity index (χ1) is 17.8. The minimum absolute atomic E-state index is 0.166. The van der Waals surface area contributed by atoms with Gasteiger partial charge >= 0.3 is 12.0 Å². The Morgan fingerprint density at radius 3 is 2.16 bits per heavy atom. The fourth-order valence-electron chi connectivity index (χ4n) is 3.50. The molecule has 0 saturated carbocycles. The molecule has 0 aliphatic carbocycles. The second-order valence-electron chi connectivity index (χ2n) is 7.92. The number of nitrogens with two attached hydrogens (primary N) is 1. The van der Waals surface area contributed by atoms with Crippen LogP contribution in [0, 0.1) is 0 Å². The van der Waals surface area contributed by atoms with Crippen molar-refractivity contribution in [3.63, 3.8) is 0 Å². The zero-order chi connectivity index (χ0) is 26.8. The number of aryl methyl sites for hydroxylation is 1. The third-order valence-electron chi connectivity index (χ3n) is 5.29. The molecule has 10 nitrogen and oxygen atoms in total. The number of carbonyl (C=O) groups excluding carboxylic acids is 3. The van der Waals surface area contributed by atoms with Crippen LogP contribution in [0.1, 0.15) is 29.3 Å². The van der Waals surface area contributed by atoms with Crippen LogP contribution < -0.4 is 31.2 Å². The number of urea groups is 1. The summed E-state index contributed by atoms with van der Waals surface area (Å²) in [4.78, 5) is 37.3. The van der Waals surface area contributed by atoms with Gasteiger partial charge in [0.2, 0.25) is 5.91 Å². The minimum atomic E-state index is -0.582. The van der Waals surface area contributed by atoms with Crippen molar-refractivity contribution >= 4 is 40.7 Å². The maximum Gasteiger partial charge on any atom is 0.340 e. The van der Waals surface area contributed by atoms with Crippen LogP contribution in [0.3, 0.4) is 0 Å². The molecule has 3 rings (SSSR count). The van der Waals surface area contributed by atoms with Gasteiger partial charge in [-0.15, -0.1) is 0 Å². The van der Waals surface area contributed by atoms with E-state index in [1.165, 1.54) is 26.4 Å². The first-order valence-corrected chi connectivity index (χ1v) is 11.6. The Morgan fingerprint density at radius 2 is 1.51 bits per heavy atom. The zero-order valence-corrected chi connectivity index (χ0v) is 20.9. The summed E-state index contributed by atoms with van der Waals surface area (Å²) in [5.41, 5.74) is 8.79. The minimum Gasteiger partial charge on any atom is -0.493 e.